The quantitative estimate of drug-likeness (QED) is 0.816. The summed E-state index contributed by atoms with van der Waals surface area (Å²) in [5, 5.41) is 6.37. The van der Waals surface area contributed by atoms with Crippen molar-refractivity contribution in [3.8, 4) is 0 Å². The van der Waals surface area contributed by atoms with Crippen LogP contribution in [0.5, 0.6) is 0 Å². The summed E-state index contributed by atoms with van der Waals surface area (Å²) in [5.74, 6) is 0.755. The summed E-state index contributed by atoms with van der Waals surface area (Å²) in [6.07, 6.45) is 6.77. The van der Waals surface area contributed by atoms with Gasteiger partial charge in [-0.3, -0.25) is 9.59 Å². The van der Waals surface area contributed by atoms with Gasteiger partial charge in [-0.1, -0.05) is 0 Å². The van der Waals surface area contributed by atoms with Crippen LogP contribution in [0.3, 0.4) is 0 Å². The van der Waals surface area contributed by atoms with E-state index in [1.54, 1.807) is 0 Å². The number of likely N-dealkylation sites (tertiary alicyclic amines) is 1. The number of halogens is 1. The average molecular weight is 316 g/mol. The molecule has 3 aliphatic rings. The lowest BCUT2D eigenvalue weighted by molar-refractivity contribution is -0.139. The second-order valence-electron chi connectivity index (χ2n) is 6.43. The average Bonchev–Trinajstić information content (AvgIpc) is 3.12. The van der Waals surface area contributed by atoms with E-state index in [4.69, 9.17) is 0 Å². The Balaban J connectivity index is 0.00000161. The van der Waals surface area contributed by atoms with E-state index in [0.29, 0.717) is 18.4 Å². The molecular weight excluding hydrogens is 290 g/mol. The Morgan fingerprint density at radius 2 is 1.81 bits per heavy atom. The maximum Gasteiger partial charge on any atom is 0.243 e. The molecule has 2 heterocycles. The van der Waals surface area contributed by atoms with Gasteiger partial charge in [-0.25, -0.2) is 0 Å². The van der Waals surface area contributed by atoms with Crippen LogP contribution in [0.4, 0.5) is 0 Å². The van der Waals surface area contributed by atoms with Crippen LogP contribution in [0.2, 0.25) is 0 Å². The van der Waals surface area contributed by atoms with Crippen molar-refractivity contribution in [2.75, 3.05) is 19.6 Å². The molecule has 2 N–H and O–H groups in total. The Hall–Kier alpha value is -0.810. The SMILES string of the molecule is Cl.O=C(NC1CC1)C1CCCN1C(=O)CC1CCNCC1. The van der Waals surface area contributed by atoms with Crippen LogP contribution in [0.15, 0.2) is 0 Å². The second kappa shape index (κ2) is 7.45. The number of carbonyl (C=O) groups is 2. The molecule has 1 atom stereocenters. The minimum atomic E-state index is -0.204. The molecule has 120 valence electrons. The van der Waals surface area contributed by atoms with Gasteiger partial charge in [0.25, 0.3) is 0 Å². The van der Waals surface area contributed by atoms with Crippen molar-refractivity contribution in [1.29, 1.82) is 0 Å². The smallest absolute Gasteiger partial charge is 0.243 e. The number of carbonyl (C=O) groups excluding carboxylic acids is 2. The molecule has 2 amide bonds. The van der Waals surface area contributed by atoms with Crippen LogP contribution in [0, 0.1) is 5.92 Å². The van der Waals surface area contributed by atoms with E-state index in [1.165, 1.54) is 0 Å². The molecule has 3 fully saturated rings. The molecule has 0 spiro atoms. The van der Waals surface area contributed by atoms with Crippen LogP contribution < -0.4 is 10.6 Å². The van der Waals surface area contributed by atoms with E-state index in [9.17, 15) is 9.59 Å². The molecule has 1 aliphatic carbocycles. The lowest BCUT2D eigenvalue weighted by atomic mass is 9.94. The van der Waals surface area contributed by atoms with Gasteiger partial charge >= 0.3 is 0 Å². The van der Waals surface area contributed by atoms with Crippen LogP contribution >= 0.6 is 12.4 Å². The highest BCUT2D eigenvalue weighted by Gasteiger charge is 2.36. The van der Waals surface area contributed by atoms with Gasteiger partial charge in [-0.05, 0) is 57.5 Å². The molecule has 1 saturated carbocycles. The van der Waals surface area contributed by atoms with Crippen molar-refractivity contribution in [2.24, 2.45) is 5.92 Å². The summed E-state index contributed by atoms with van der Waals surface area (Å²) in [7, 11) is 0. The van der Waals surface area contributed by atoms with Gasteiger partial charge in [0, 0.05) is 19.0 Å². The minimum Gasteiger partial charge on any atom is -0.352 e. The molecule has 3 rings (SSSR count). The van der Waals surface area contributed by atoms with Gasteiger partial charge in [0.1, 0.15) is 6.04 Å². The van der Waals surface area contributed by atoms with Gasteiger partial charge in [-0.2, -0.15) is 0 Å². The maximum atomic E-state index is 12.5. The third-order valence-corrected chi connectivity index (χ3v) is 4.72. The largest absolute Gasteiger partial charge is 0.352 e. The summed E-state index contributed by atoms with van der Waals surface area (Å²) in [6.45, 7) is 2.79. The van der Waals surface area contributed by atoms with Gasteiger partial charge < -0.3 is 15.5 Å². The molecule has 6 heteroatoms. The van der Waals surface area contributed by atoms with Crippen molar-refractivity contribution in [3.05, 3.63) is 0 Å². The standard InChI is InChI=1S/C15H25N3O2.ClH/c19-14(10-11-5-7-16-8-6-11)18-9-1-2-13(18)15(20)17-12-3-4-12;/h11-13,16H,1-10H2,(H,17,20);1H. The second-order valence-corrected chi connectivity index (χ2v) is 6.43. The molecule has 1 unspecified atom stereocenters. The summed E-state index contributed by atoms with van der Waals surface area (Å²) in [6, 6.07) is 0.175. The van der Waals surface area contributed by atoms with Crippen molar-refractivity contribution in [3.63, 3.8) is 0 Å². The highest BCUT2D eigenvalue weighted by Crippen LogP contribution is 2.25. The number of nitrogens with one attached hydrogen (secondary N) is 2. The fourth-order valence-electron chi connectivity index (χ4n) is 3.31. The van der Waals surface area contributed by atoms with E-state index in [0.717, 1.165) is 58.2 Å². The third-order valence-electron chi connectivity index (χ3n) is 4.72. The Labute approximate surface area is 132 Å². The van der Waals surface area contributed by atoms with Gasteiger partial charge in [0.15, 0.2) is 0 Å². The molecule has 5 nitrogen and oxygen atoms in total. The number of amides is 2. The monoisotopic (exact) mass is 315 g/mol. The first-order valence-corrected chi connectivity index (χ1v) is 8.04. The molecular formula is C15H26ClN3O2. The van der Waals surface area contributed by atoms with Crippen molar-refractivity contribution < 1.29 is 9.59 Å². The van der Waals surface area contributed by atoms with E-state index in [-0.39, 0.29) is 30.3 Å². The van der Waals surface area contributed by atoms with Crippen LogP contribution in [0.1, 0.15) is 44.9 Å². The van der Waals surface area contributed by atoms with E-state index in [1.807, 2.05) is 4.90 Å². The van der Waals surface area contributed by atoms with Crippen molar-refractivity contribution in [2.45, 2.75) is 57.0 Å². The fraction of sp³-hybridized carbons (Fsp3) is 0.867. The Morgan fingerprint density at radius 1 is 1.10 bits per heavy atom. The summed E-state index contributed by atoms with van der Waals surface area (Å²) in [5.41, 5.74) is 0. The first-order chi connectivity index (χ1) is 9.74. The van der Waals surface area contributed by atoms with E-state index in [2.05, 4.69) is 10.6 Å². The molecule has 0 aromatic carbocycles. The van der Waals surface area contributed by atoms with Gasteiger partial charge in [0.05, 0.1) is 0 Å². The predicted molar refractivity (Wildman–Crippen MR) is 83.4 cm³/mol. The molecule has 0 bridgehead atoms. The van der Waals surface area contributed by atoms with Crippen molar-refractivity contribution >= 4 is 24.2 Å². The Kier molecular flexibility index (Phi) is 5.88. The van der Waals surface area contributed by atoms with Crippen LogP contribution in [-0.2, 0) is 9.59 Å². The first kappa shape index (κ1) is 16.6. The molecule has 2 saturated heterocycles. The molecule has 2 aliphatic heterocycles. The zero-order valence-corrected chi connectivity index (χ0v) is 13.3. The van der Waals surface area contributed by atoms with Crippen molar-refractivity contribution in [1.82, 2.24) is 15.5 Å². The number of rotatable bonds is 4. The topological polar surface area (TPSA) is 61.4 Å². The normalized spacial score (nSPS) is 26.3. The lowest BCUT2D eigenvalue weighted by Crippen LogP contribution is -2.47. The predicted octanol–water partition coefficient (Wildman–Crippen LogP) is 1.07. The van der Waals surface area contributed by atoms with E-state index >= 15 is 0 Å². The fourth-order valence-corrected chi connectivity index (χ4v) is 3.31. The summed E-state index contributed by atoms with van der Waals surface area (Å²) >= 11 is 0. The van der Waals surface area contributed by atoms with Crippen LogP contribution in [0.25, 0.3) is 0 Å². The van der Waals surface area contributed by atoms with Gasteiger partial charge in [-0.15, -0.1) is 12.4 Å². The zero-order chi connectivity index (χ0) is 13.9. The minimum absolute atomic E-state index is 0. The Morgan fingerprint density at radius 3 is 2.48 bits per heavy atom. The van der Waals surface area contributed by atoms with E-state index < -0.39 is 0 Å². The Bertz CT molecular complexity index is 381. The van der Waals surface area contributed by atoms with Gasteiger partial charge in [0.2, 0.25) is 11.8 Å². The number of hydrogen-bond donors (Lipinski definition) is 2. The first-order valence-electron chi connectivity index (χ1n) is 8.04. The third kappa shape index (κ3) is 4.33. The highest BCUT2D eigenvalue weighted by molar-refractivity contribution is 5.88. The lowest BCUT2D eigenvalue weighted by Gasteiger charge is -2.28. The maximum absolute atomic E-state index is 12.5. The number of hydrogen-bond acceptors (Lipinski definition) is 3. The molecule has 0 aromatic rings. The summed E-state index contributed by atoms with van der Waals surface area (Å²) in [4.78, 5) is 26.5. The molecule has 0 aromatic heterocycles. The zero-order valence-electron chi connectivity index (χ0n) is 12.5. The van der Waals surface area contributed by atoms with Crippen LogP contribution in [-0.4, -0.2) is 48.4 Å². The number of piperidine rings is 1. The number of nitrogens with zero attached hydrogens (tertiary/aromatic N) is 1. The summed E-state index contributed by atoms with van der Waals surface area (Å²) < 4.78 is 0. The molecule has 0 radical (unpaired) electrons. The highest BCUT2D eigenvalue weighted by atomic mass is 35.5. The molecule has 21 heavy (non-hydrogen) atoms.